The van der Waals surface area contributed by atoms with E-state index >= 15 is 0 Å². The Bertz CT molecular complexity index is 728. The maximum atomic E-state index is 11.8. The molecular weight excluding hydrogens is 372 g/mol. The fourth-order valence-electron chi connectivity index (χ4n) is 2.65. The van der Waals surface area contributed by atoms with Gasteiger partial charge in [0.1, 0.15) is 6.73 Å². The van der Waals surface area contributed by atoms with Crippen LogP contribution in [0.1, 0.15) is 19.8 Å². The lowest BCUT2D eigenvalue weighted by molar-refractivity contribution is -0.144. The van der Waals surface area contributed by atoms with Crippen LogP contribution >= 0.6 is 0 Å². The van der Waals surface area contributed by atoms with Crippen LogP contribution in [0.3, 0.4) is 0 Å². The van der Waals surface area contributed by atoms with E-state index in [1.807, 2.05) is 18.2 Å². The van der Waals surface area contributed by atoms with Crippen molar-refractivity contribution < 1.29 is 19.5 Å². The summed E-state index contributed by atoms with van der Waals surface area (Å²) in [5.74, 6) is 5.17. The van der Waals surface area contributed by atoms with Gasteiger partial charge in [0.2, 0.25) is 5.91 Å². The van der Waals surface area contributed by atoms with Gasteiger partial charge in [-0.25, -0.2) is 5.48 Å². The normalized spacial score (nSPS) is 17.5. The number of amides is 2. The summed E-state index contributed by atoms with van der Waals surface area (Å²) in [5, 5.41) is 11.2. The second-order valence-electron chi connectivity index (χ2n) is 6.43. The number of nitrogens with zero attached hydrogens (tertiary/aromatic N) is 2. The smallest absolute Gasteiger partial charge is 0.270 e. The molecule has 2 amide bonds. The van der Waals surface area contributed by atoms with Gasteiger partial charge in [-0.3, -0.25) is 24.7 Å². The number of hydrogen-bond donors (Lipinski definition) is 3. The minimum atomic E-state index is -1.18. The Labute approximate surface area is 172 Å². The van der Waals surface area contributed by atoms with Crippen molar-refractivity contribution in [2.45, 2.75) is 25.8 Å². The highest BCUT2D eigenvalue weighted by Gasteiger charge is 2.29. The van der Waals surface area contributed by atoms with Gasteiger partial charge in [0.15, 0.2) is 6.04 Å². The lowest BCUT2D eigenvalue weighted by atomic mass is 9.97. The number of allylic oxidation sites excluding steroid dienone is 4. The quantitative estimate of drug-likeness (QED) is 0.134. The number of carbonyl (C=O) groups is 2. The fourth-order valence-corrected chi connectivity index (χ4v) is 2.65. The van der Waals surface area contributed by atoms with Crippen LogP contribution in [0.2, 0.25) is 0 Å². The summed E-state index contributed by atoms with van der Waals surface area (Å²) in [5.41, 5.74) is 3.41. The van der Waals surface area contributed by atoms with Gasteiger partial charge in [-0.15, -0.1) is 0 Å². The van der Waals surface area contributed by atoms with Crippen LogP contribution in [0.15, 0.2) is 40.4 Å². The van der Waals surface area contributed by atoms with Crippen molar-refractivity contribution >= 4 is 18.0 Å². The average molecular weight is 402 g/mol. The molecule has 0 bridgehead atoms. The van der Waals surface area contributed by atoms with Crippen LogP contribution in [0.4, 0.5) is 0 Å². The Morgan fingerprint density at radius 1 is 1.48 bits per heavy atom. The van der Waals surface area contributed by atoms with E-state index in [1.54, 1.807) is 20.3 Å². The number of nitrogens with one attached hydrogen (secondary N) is 2. The summed E-state index contributed by atoms with van der Waals surface area (Å²) in [6.45, 7) is 2.44. The summed E-state index contributed by atoms with van der Waals surface area (Å²) in [6, 6.07) is -1.18. The molecular formula is C21H30N4O4. The molecule has 2 atom stereocenters. The molecule has 0 radical (unpaired) electrons. The average Bonchev–Trinajstić information content (AvgIpc) is 2.73. The van der Waals surface area contributed by atoms with E-state index < -0.39 is 17.9 Å². The number of hydrogen-bond acceptors (Lipinski definition) is 6. The first-order valence-corrected chi connectivity index (χ1v) is 9.41. The van der Waals surface area contributed by atoms with E-state index in [2.05, 4.69) is 35.1 Å². The van der Waals surface area contributed by atoms with E-state index in [9.17, 15) is 9.59 Å². The topological polar surface area (TPSA) is 103 Å². The number of aliphatic imine (C=N–C) groups is 1. The summed E-state index contributed by atoms with van der Waals surface area (Å²) < 4.78 is 5.60. The Hall–Kier alpha value is -2.73. The largest absolute Gasteiger partial charge is 0.361 e. The summed E-state index contributed by atoms with van der Waals surface area (Å²) in [6.07, 6.45) is 11.6. The van der Waals surface area contributed by atoms with Crippen LogP contribution in [-0.2, 0) is 14.3 Å². The lowest BCUT2D eigenvalue weighted by Gasteiger charge is -2.24. The first-order chi connectivity index (χ1) is 14.0. The molecule has 1 rings (SSSR count). The van der Waals surface area contributed by atoms with E-state index in [0.29, 0.717) is 6.61 Å². The van der Waals surface area contributed by atoms with Gasteiger partial charge in [0.25, 0.3) is 5.91 Å². The minimum absolute atomic E-state index is 0.0431. The first kappa shape index (κ1) is 24.3. The van der Waals surface area contributed by atoms with Crippen molar-refractivity contribution in [1.82, 2.24) is 15.7 Å². The minimum Gasteiger partial charge on any atom is -0.361 e. The molecule has 158 valence electrons. The Balaban J connectivity index is 2.54. The molecule has 0 aromatic rings. The predicted molar refractivity (Wildman–Crippen MR) is 112 cm³/mol. The molecule has 8 heteroatoms. The molecule has 8 nitrogen and oxygen atoms in total. The molecule has 0 saturated heterocycles. The van der Waals surface area contributed by atoms with Crippen molar-refractivity contribution in [3.8, 4) is 11.8 Å². The van der Waals surface area contributed by atoms with Crippen LogP contribution in [0.5, 0.6) is 0 Å². The molecule has 0 aromatic carbocycles. The van der Waals surface area contributed by atoms with Gasteiger partial charge in [-0.05, 0) is 25.5 Å². The van der Waals surface area contributed by atoms with Crippen molar-refractivity contribution in [3.63, 3.8) is 0 Å². The molecule has 0 aliphatic heterocycles. The standard InChI is InChI=1S/C21H30N4O4/c1-5-6-17(13-22-2)10-7-16-8-11-18(12-9-16)14-29-15-25(4)19(20(26)23-3)21(27)24-28/h6,8,11-13,16,19,28H,5,9,14-15H2,1-4H3,(H,23,26)(H,24,27)/b17-6-,22-13-. The summed E-state index contributed by atoms with van der Waals surface area (Å²) >= 11 is 0. The number of rotatable bonds is 9. The third kappa shape index (κ3) is 8.44. The fraction of sp³-hybridized carbons (Fsp3) is 0.476. The zero-order valence-corrected chi connectivity index (χ0v) is 17.4. The molecule has 0 fully saturated rings. The number of ether oxygens (including phenoxy) is 1. The van der Waals surface area contributed by atoms with Gasteiger partial charge in [-0.2, -0.15) is 0 Å². The molecule has 0 spiro atoms. The summed E-state index contributed by atoms with van der Waals surface area (Å²) in [7, 11) is 4.71. The van der Waals surface area contributed by atoms with Crippen LogP contribution in [0, 0.1) is 17.8 Å². The van der Waals surface area contributed by atoms with Crippen molar-refractivity contribution in [1.29, 1.82) is 0 Å². The molecule has 0 heterocycles. The van der Waals surface area contributed by atoms with Gasteiger partial charge < -0.3 is 10.1 Å². The highest BCUT2D eigenvalue weighted by Crippen LogP contribution is 2.16. The maximum Gasteiger partial charge on any atom is 0.270 e. The van der Waals surface area contributed by atoms with E-state index in [1.165, 1.54) is 17.4 Å². The Kier molecular flexibility index (Phi) is 11.3. The van der Waals surface area contributed by atoms with Gasteiger partial charge in [0.05, 0.1) is 6.61 Å². The Morgan fingerprint density at radius 2 is 2.24 bits per heavy atom. The van der Waals surface area contributed by atoms with Crippen LogP contribution in [-0.4, -0.2) is 68.7 Å². The highest BCUT2D eigenvalue weighted by molar-refractivity contribution is 6.03. The predicted octanol–water partition coefficient (Wildman–Crippen LogP) is 1.06. The molecule has 1 aliphatic rings. The molecule has 2 unspecified atom stereocenters. The monoisotopic (exact) mass is 402 g/mol. The molecule has 0 aromatic heterocycles. The number of likely N-dealkylation sites (N-methyl/N-ethyl adjacent to an activating group) is 2. The van der Waals surface area contributed by atoms with Crippen molar-refractivity contribution in [3.05, 3.63) is 35.5 Å². The third-order valence-electron chi connectivity index (χ3n) is 4.13. The summed E-state index contributed by atoms with van der Waals surface area (Å²) in [4.78, 5) is 28.9. The van der Waals surface area contributed by atoms with Crippen molar-refractivity contribution in [2.24, 2.45) is 10.9 Å². The zero-order valence-electron chi connectivity index (χ0n) is 17.4. The van der Waals surface area contributed by atoms with E-state index in [-0.39, 0.29) is 12.6 Å². The second kappa shape index (κ2) is 13.4. The molecule has 0 saturated carbocycles. The Morgan fingerprint density at radius 3 is 2.79 bits per heavy atom. The van der Waals surface area contributed by atoms with E-state index in [4.69, 9.17) is 9.94 Å². The molecule has 3 N–H and O–H groups in total. The van der Waals surface area contributed by atoms with Gasteiger partial charge in [0, 0.05) is 31.8 Å². The lowest BCUT2D eigenvalue weighted by Crippen LogP contribution is -2.53. The van der Waals surface area contributed by atoms with Crippen molar-refractivity contribution in [2.75, 3.05) is 34.5 Å². The third-order valence-corrected chi connectivity index (χ3v) is 4.13. The van der Waals surface area contributed by atoms with Crippen LogP contribution in [0.25, 0.3) is 0 Å². The maximum absolute atomic E-state index is 11.8. The zero-order chi connectivity index (χ0) is 21.6. The van der Waals surface area contributed by atoms with E-state index in [0.717, 1.165) is 24.0 Å². The highest BCUT2D eigenvalue weighted by atomic mass is 16.5. The first-order valence-electron chi connectivity index (χ1n) is 9.41. The van der Waals surface area contributed by atoms with Gasteiger partial charge >= 0.3 is 0 Å². The van der Waals surface area contributed by atoms with Crippen LogP contribution < -0.4 is 10.8 Å². The SMILES string of the molecule is CC/C=C(C#CC1C=CC(COCN(C)C(C(=O)NC)C(=O)NO)=CC1)\C=N/C. The second-order valence-corrected chi connectivity index (χ2v) is 6.43. The molecule has 29 heavy (non-hydrogen) atoms. The number of carbonyl (C=O) groups excluding carboxylic acids is 2. The van der Waals surface area contributed by atoms with Gasteiger partial charge in [-0.1, -0.05) is 43.1 Å². The number of hydroxylamine groups is 1. The molecule has 1 aliphatic carbocycles.